The number of nitro benzene ring substituents is 1. The summed E-state index contributed by atoms with van der Waals surface area (Å²) in [5.41, 5.74) is 1.55. The lowest BCUT2D eigenvalue weighted by Gasteiger charge is -1.97. The van der Waals surface area contributed by atoms with Gasteiger partial charge in [0.25, 0.3) is 5.69 Å². The smallest absolute Gasteiger partial charge is 0.338 e. The van der Waals surface area contributed by atoms with Gasteiger partial charge in [0.05, 0.1) is 16.3 Å². The maximum atomic E-state index is 11.8. The molecule has 0 aliphatic carbocycles. The number of nitrogens with one attached hydrogen (secondary N) is 1. The quantitative estimate of drug-likeness (QED) is 0.454. The molecular formula is C16H11N3O4. The van der Waals surface area contributed by atoms with Crippen molar-refractivity contribution in [3.05, 3.63) is 80.7 Å². The van der Waals surface area contributed by atoms with Crippen LogP contribution in [0.2, 0.25) is 0 Å². The summed E-state index contributed by atoms with van der Waals surface area (Å²) in [4.78, 5) is 26.1. The predicted octanol–water partition coefficient (Wildman–Crippen LogP) is 3.29. The molecule has 0 unspecified atom stereocenters. The van der Waals surface area contributed by atoms with Crippen LogP contribution in [0.1, 0.15) is 5.56 Å². The molecule has 23 heavy (non-hydrogen) atoms. The minimum Gasteiger partial charge on any atom is -0.338 e. The van der Waals surface area contributed by atoms with Gasteiger partial charge < -0.3 is 4.52 Å². The number of aliphatic imine (C=N–C) groups is 1. The SMILES string of the molecule is O=c1o[nH]c(-c2ccccc2)c1C=Nc1ccc([N+](=O)[O-])cc1. The number of non-ortho nitro benzene ring substituents is 1. The van der Waals surface area contributed by atoms with E-state index in [1.54, 1.807) is 0 Å². The first-order valence-corrected chi connectivity index (χ1v) is 6.70. The third-order valence-electron chi connectivity index (χ3n) is 3.20. The molecule has 0 aliphatic heterocycles. The van der Waals surface area contributed by atoms with E-state index in [9.17, 15) is 14.9 Å². The highest BCUT2D eigenvalue weighted by Gasteiger charge is 2.11. The molecule has 2 aromatic carbocycles. The molecule has 0 saturated carbocycles. The van der Waals surface area contributed by atoms with Crippen molar-refractivity contribution in [3.8, 4) is 11.3 Å². The van der Waals surface area contributed by atoms with E-state index in [0.717, 1.165) is 5.56 Å². The highest BCUT2D eigenvalue weighted by atomic mass is 16.6. The zero-order valence-electron chi connectivity index (χ0n) is 11.8. The Morgan fingerprint density at radius 3 is 2.43 bits per heavy atom. The molecule has 0 amide bonds. The van der Waals surface area contributed by atoms with Crippen LogP contribution in [0.5, 0.6) is 0 Å². The lowest BCUT2D eigenvalue weighted by Crippen LogP contribution is -2.01. The second-order valence-electron chi connectivity index (χ2n) is 4.68. The highest BCUT2D eigenvalue weighted by molar-refractivity contribution is 5.89. The van der Waals surface area contributed by atoms with Gasteiger partial charge in [-0.1, -0.05) is 30.3 Å². The van der Waals surface area contributed by atoms with Crippen LogP contribution in [0.4, 0.5) is 11.4 Å². The Labute approximate surface area is 130 Å². The number of nitrogens with zero attached hydrogens (tertiary/aromatic N) is 2. The largest absolute Gasteiger partial charge is 0.366 e. The molecule has 0 spiro atoms. The molecule has 1 N–H and O–H groups in total. The third kappa shape index (κ3) is 3.08. The van der Waals surface area contributed by atoms with Gasteiger partial charge in [0.2, 0.25) is 0 Å². The summed E-state index contributed by atoms with van der Waals surface area (Å²) in [5.74, 6) is 0. The minimum atomic E-state index is -0.533. The van der Waals surface area contributed by atoms with Gasteiger partial charge in [-0.3, -0.25) is 15.1 Å². The van der Waals surface area contributed by atoms with Crippen LogP contribution in [0.15, 0.2) is 68.9 Å². The van der Waals surface area contributed by atoms with Crippen molar-refractivity contribution in [1.82, 2.24) is 5.16 Å². The van der Waals surface area contributed by atoms with Crippen molar-refractivity contribution >= 4 is 17.6 Å². The molecule has 0 aliphatic rings. The minimum absolute atomic E-state index is 0.0184. The fourth-order valence-corrected chi connectivity index (χ4v) is 2.05. The van der Waals surface area contributed by atoms with Crippen LogP contribution >= 0.6 is 0 Å². The van der Waals surface area contributed by atoms with Gasteiger partial charge >= 0.3 is 5.63 Å². The van der Waals surface area contributed by atoms with Crippen LogP contribution in [0.25, 0.3) is 11.3 Å². The Hall–Kier alpha value is -3.48. The normalized spacial score (nSPS) is 11.0. The van der Waals surface area contributed by atoms with Crippen molar-refractivity contribution < 1.29 is 9.45 Å². The van der Waals surface area contributed by atoms with Gasteiger partial charge in [-0.25, -0.2) is 9.95 Å². The average Bonchev–Trinajstić information content (AvgIpc) is 2.95. The molecule has 1 heterocycles. The summed E-state index contributed by atoms with van der Waals surface area (Å²) in [6.07, 6.45) is 1.38. The van der Waals surface area contributed by atoms with E-state index in [4.69, 9.17) is 4.52 Å². The number of aromatic nitrogens is 1. The van der Waals surface area contributed by atoms with Gasteiger partial charge in [0.1, 0.15) is 5.56 Å². The van der Waals surface area contributed by atoms with Crippen molar-refractivity contribution in [3.63, 3.8) is 0 Å². The number of rotatable bonds is 4. The molecule has 0 fully saturated rings. The van der Waals surface area contributed by atoms with E-state index >= 15 is 0 Å². The van der Waals surface area contributed by atoms with Crippen molar-refractivity contribution in [1.29, 1.82) is 0 Å². The second kappa shape index (κ2) is 6.10. The number of aromatic amines is 1. The Morgan fingerprint density at radius 1 is 1.09 bits per heavy atom. The van der Waals surface area contributed by atoms with Gasteiger partial charge in [-0.05, 0) is 12.1 Å². The second-order valence-corrected chi connectivity index (χ2v) is 4.68. The van der Waals surface area contributed by atoms with Crippen molar-refractivity contribution in [2.45, 2.75) is 0 Å². The van der Waals surface area contributed by atoms with Crippen LogP contribution in [0, 0.1) is 10.1 Å². The Morgan fingerprint density at radius 2 is 1.78 bits per heavy atom. The maximum absolute atomic E-state index is 11.8. The summed E-state index contributed by atoms with van der Waals surface area (Å²) in [5, 5.41) is 13.2. The first-order chi connectivity index (χ1) is 11.1. The van der Waals surface area contributed by atoms with Crippen molar-refractivity contribution in [2.24, 2.45) is 4.99 Å². The standard InChI is InChI=1S/C16H11N3O4/c20-16-14(15(18-23-16)11-4-2-1-3-5-11)10-17-12-6-8-13(9-7-12)19(21)22/h1-10,18H. The summed E-state index contributed by atoms with van der Waals surface area (Å²) in [6, 6.07) is 14.9. The van der Waals surface area contributed by atoms with Crippen LogP contribution in [-0.4, -0.2) is 16.3 Å². The lowest BCUT2D eigenvalue weighted by atomic mass is 10.1. The third-order valence-corrected chi connectivity index (χ3v) is 3.20. The number of hydrogen-bond donors (Lipinski definition) is 1. The van der Waals surface area contributed by atoms with E-state index in [1.807, 2.05) is 30.3 Å². The van der Waals surface area contributed by atoms with Gasteiger partial charge in [0, 0.05) is 23.9 Å². The molecule has 7 nitrogen and oxygen atoms in total. The Balaban J connectivity index is 1.93. The lowest BCUT2D eigenvalue weighted by molar-refractivity contribution is -0.384. The summed E-state index contributed by atoms with van der Waals surface area (Å²) in [6.45, 7) is 0. The number of hydrogen-bond acceptors (Lipinski definition) is 5. The summed E-state index contributed by atoms with van der Waals surface area (Å²) < 4.78 is 4.83. The van der Waals surface area contributed by atoms with Gasteiger partial charge in [-0.2, -0.15) is 0 Å². The molecule has 0 bridgehead atoms. The zero-order chi connectivity index (χ0) is 16.2. The predicted molar refractivity (Wildman–Crippen MR) is 85.1 cm³/mol. The Kier molecular flexibility index (Phi) is 3.84. The summed E-state index contributed by atoms with van der Waals surface area (Å²) >= 11 is 0. The fraction of sp³-hybridized carbons (Fsp3) is 0. The van der Waals surface area contributed by atoms with Crippen molar-refractivity contribution in [2.75, 3.05) is 0 Å². The molecule has 114 valence electrons. The number of H-pyrrole nitrogens is 1. The van der Waals surface area contributed by atoms with Crippen LogP contribution in [-0.2, 0) is 0 Å². The average molecular weight is 309 g/mol. The maximum Gasteiger partial charge on any atom is 0.366 e. The fourth-order valence-electron chi connectivity index (χ4n) is 2.05. The molecular weight excluding hydrogens is 298 g/mol. The molecule has 0 atom stereocenters. The van der Waals surface area contributed by atoms with Crippen LogP contribution < -0.4 is 5.63 Å². The van der Waals surface area contributed by atoms with E-state index in [0.29, 0.717) is 11.4 Å². The molecule has 7 heteroatoms. The molecule has 3 aromatic rings. The Bertz CT molecular complexity index is 909. The van der Waals surface area contributed by atoms with E-state index in [2.05, 4.69) is 10.1 Å². The zero-order valence-corrected chi connectivity index (χ0v) is 11.8. The summed E-state index contributed by atoms with van der Waals surface area (Å²) in [7, 11) is 0. The number of nitro groups is 1. The topological polar surface area (TPSA) is 102 Å². The molecule has 0 saturated heterocycles. The molecule has 3 rings (SSSR count). The highest BCUT2D eigenvalue weighted by Crippen LogP contribution is 2.20. The molecule has 1 aromatic heterocycles. The van der Waals surface area contributed by atoms with E-state index in [1.165, 1.54) is 30.5 Å². The van der Waals surface area contributed by atoms with Crippen LogP contribution in [0.3, 0.4) is 0 Å². The van der Waals surface area contributed by atoms with E-state index < -0.39 is 10.5 Å². The van der Waals surface area contributed by atoms with Gasteiger partial charge in [0.15, 0.2) is 0 Å². The first-order valence-electron chi connectivity index (χ1n) is 6.70. The molecule has 0 radical (unpaired) electrons. The number of benzene rings is 2. The van der Waals surface area contributed by atoms with E-state index in [-0.39, 0.29) is 11.3 Å². The first kappa shape index (κ1) is 14.5. The van der Waals surface area contributed by atoms with Gasteiger partial charge in [-0.15, -0.1) is 0 Å². The monoisotopic (exact) mass is 309 g/mol.